The molecule has 0 unspecified atom stereocenters. The van der Waals surface area contributed by atoms with Crippen LogP contribution in [-0.4, -0.2) is 31.6 Å². The number of sulfonamides is 1. The quantitative estimate of drug-likeness (QED) is 0.801. The summed E-state index contributed by atoms with van der Waals surface area (Å²) in [6, 6.07) is 5.38. The van der Waals surface area contributed by atoms with Crippen LogP contribution in [-0.2, 0) is 10.0 Å². The second kappa shape index (κ2) is 5.29. The van der Waals surface area contributed by atoms with Crippen molar-refractivity contribution in [3.8, 4) is 0 Å². The van der Waals surface area contributed by atoms with Crippen LogP contribution in [0, 0.1) is 13.8 Å². The van der Waals surface area contributed by atoms with Gasteiger partial charge in [-0.05, 0) is 25.5 Å². The van der Waals surface area contributed by atoms with E-state index >= 15 is 0 Å². The fourth-order valence-electron chi connectivity index (χ4n) is 1.50. The number of rotatable bonds is 4. The number of hydrogen-bond acceptors (Lipinski definition) is 2. The number of benzene rings is 1. The molecule has 0 aromatic heterocycles. The smallest absolute Gasteiger partial charge is 0.207 e. The molecule has 0 aliphatic heterocycles. The molecular weight excluding hydrogens is 290 g/mol. The minimum Gasteiger partial charge on any atom is -0.207 e. The number of aryl methyl sites for hydroxylation is 2. The third kappa shape index (κ3) is 2.84. The summed E-state index contributed by atoms with van der Waals surface area (Å²) in [6.07, 6.45) is 0. The van der Waals surface area contributed by atoms with E-state index in [9.17, 15) is 8.42 Å². The van der Waals surface area contributed by atoms with E-state index in [2.05, 4.69) is 15.9 Å². The molecule has 3 nitrogen and oxygen atoms in total. The predicted molar refractivity (Wildman–Crippen MR) is 69.5 cm³/mol. The first-order valence-electron chi connectivity index (χ1n) is 4.99. The molecule has 0 atom stereocenters. The molecule has 0 N–H and O–H groups in total. The van der Waals surface area contributed by atoms with Crippen molar-refractivity contribution in [3.63, 3.8) is 0 Å². The third-order valence-electron chi connectivity index (χ3n) is 2.42. The van der Waals surface area contributed by atoms with Crippen LogP contribution < -0.4 is 0 Å². The molecule has 1 aromatic carbocycles. The maximum atomic E-state index is 12.2. The van der Waals surface area contributed by atoms with Crippen molar-refractivity contribution in [2.45, 2.75) is 18.7 Å². The minimum atomic E-state index is -3.35. The third-order valence-corrected chi connectivity index (χ3v) is 4.79. The van der Waals surface area contributed by atoms with Gasteiger partial charge in [-0.1, -0.05) is 33.6 Å². The Labute approximate surface area is 106 Å². The first-order chi connectivity index (χ1) is 7.39. The Morgan fingerprint density at radius 3 is 2.44 bits per heavy atom. The molecular formula is C11H16BrNO2S. The van der Waals surface area contributed by atoms with E-state index in [1.165, 1.54) is 4.31 Å². The molecule has 1 aromatic rings. The largest absolute Gasteiger partial charge is 0.243 e. The molecule has 5 heteroatoms. The zero-order valence-corrected chi connectivity index (χ0v) is 12.1. The molecule has 1 rings (SSSR count). The van der Waals surface area contributed by atoms with Crippen molar-refractivity contribution in [1.29, 1.82) is 0 Å². The SMILES string of the molecule is Cc1ccc(S(=O)(=O)N(C)CCBr)c(C)c1. The lowest BCUT2D eigenvalue weighted by atomic mass is 10.2. The van der Waals surface area contributed by atoms with Crippen LogP contribution in [0.5, 0.6) is 0 Å². The maximum Gasteiger partial charge on any atom is 0.243 e. The summed E-state index contributed by atoms with van der Waals surface area (Å²) in [5, 5.41) is 0.633. The van der Waals surface area contributed by atoms with Gasteiger partial charge in [-0.25, -0.2) is 12.7 Å². The summed E-state index contributed by atoms with van der Waals surface area (Å²) >= 11 is 3.24. The van der Waals surface area contributed by atoms with Crippen LogP contribution in [0.1, 0.15) is 11.1 Å². The molecule has 16 heavy (non-hydrogen) atoms. The molecule has 0 aliphatic rings. The first-order valence-corrected chi connectivity index (χ1v) is 7.55. The van der Waals surface area contributed by atoms with Crippen LogP contribution in [0.15, 0.2) is 23.1 Å². The van der Waals surface area contributed by atoms with Crippen LogP contribution in [0.4, 0.5) is 0 Å². The van der Waals surface area contributed by atoms with Gasteiger partial charge in [-0.3, -0.25) is 0 Å². The van der Waals surface area contributed by atoms with Crippen LogP contribution in [0.25, 0.3) is 0 Å². The highest BCUT2D eigenvalue weighted by Crippen LogP contribution is 2.19. The van der Waals surface area contributed by atoms with Gasteiger partial charge in [0.05, 0.1) is 4.90 Å². The van der Waals surface area contributed by atoms with Gasteiger partial charge in [-0.2, -0.15) is 0 Å². The Morgan fingerprint density at radius 2 is 1.94 bits per heavy atom. The summed E-state index contributed by atoms with van der Waals surface area (Å²) in [5.74, 6) is 0. The van der Waals surface area contributed by atoms with Crippen molar-refractivity contribution in [1.82, 2.24) is 4.31 Å². The zero-order chi connectivity index (χ0) is 12.3. The highest BCUT2D eigenvalue weighted by molar-refractivity contribution is 9.09. The molecule has 0 radical (unpaired) electrons. The van der Waals surface area contributed by atoms with E-state index in [0.717, 1.165) is 11.1 Å². The first kappa shape index (κ1) is 13.7. The van der Waals surface area contributed by atoms with E-state index in [0.29, 0.717) is 16.8 Å². The molecule has 0 aliphatic carbocycles. The Morgan fingerprint density at radius 1 is 1.31 bits per heavy atom. The van der Waals surface area contributed by atoms with Gasteiger partial charge in [0.1, 0.15) is 0 Å². The predicted octanol–water partition coefficient (Wildman–Crippen LogP) is 2.32. The lowest BCUT2D eigenvalue weighted by Crippen LogP contribution is -2.29. The lowest BCUT2D eigenvalue weighted by Gasteiger charge is -2.17. The summed E-state index contributed by atoms with van der Waals surface area (Å²) in [4.78, 5) is 0.390. The van der Waals surface area contributed by atoms with Crippen molar-refractivity contribution in [2.24, 2.45) is 0 Å². The molecule has 0 fully saturated rings. The molecule has 0 spiro atoms. The average molecular weight is 306 g/mol. The highest BCUT2D eigenvalue weighted by Gasteiger charge is 2.21. The van der Waals surface area contributed by atoms with Gasteiger partial charge < -0.3 is 0 Å². The van der Waals surface area contributed by atoms with Gasteiger partial charge in [0.15, 0.2) is 0 Å². The maximum absolute atomic E-state index is 12.2. The van der Waals surface area contributed by atoms with Gasteiger partial charge in [-0.15, -0.1) is 0 Å². The standard InChI is InChI=1S/C11H16BrNO2S/c1-9-4-5-11(10(2)8-9)16(14,15)13(3)7-6-12/h4-5,8H,6-7H2,1-3H3. The van der Waals surface area contributed by atoms with E-state index in [4.69, 9.17) is 0 Å². The highest BCUT2D eigenvalue weighted by atomic mass is 79.9. The Kier molecular flexibility index (Phi) is 4.52. The van der Waals surface area contributed by atoms with Crippen molar-refractivity contribution >= 4 is 26.0 Å². The van der Waals surface area contributed by atoms with Gasteiger partial charge in [0, 0.05) is 18.9 Å². The monoisotopic (exact) mass is 305 g/mol. The second-order valence-electron chi connectivity index (χ2n) is 3.78. The topological polar surface area (TPSA) is 37.4 Å². The number of hydrogen-bond donors (Lipinski definition) is 0. The number of alkyl halides is 1. The van der Waals surface area contributed by atoms with E-state index < -0.39 is 10.0 Å². The Balaban J connectivity index is 3.17. The molecule has 0 heterocycles. The Hall–Kier alpha value is -0.390. The summed E-state index contributed by atoms with van der Waals surface area (Å²) in [7, 11) is -1.75. The summed E-state index contributed by atoms with van der Waals surface area (Å²) in [5.41, 5.74) is 1.86. The average Bonchev–Trinajstić information content (AvgIpc) is 2.17. The number of halogens is 1. The second-order valence-corrected chi connectivity index (χ2v) is 6.59. The van der Waals surface area contributed by atoms with Gasteiger partial charge in [0.2, 0.25) is 10.0 Å². The normalized spacial score (nSPS) is 12.1. The summed E-state index contributed by atoms with van der Waals surface area (Å²) in [6.45, 7) is 4.24. The van der Waals surface area contributed by atoms with E-state index in [-0.39, 0.29) is 0 Å². The minimum absolute atomic E-state index is 0.390. The zero-order valence-electron chi connectivity index (χ0n) is 9.70. The summed E-state index contributed by atoms with van der Waals surface area (Å²) < 4.78 is 25.7. The van der Waals surface area contributed by atoms with Gasteiger partial charge in [0.25, 0.3) is 0 Å². The molecule has 0 saturated heterocycles. The van der Waals surface area contributed by atoms with E-state index in [1.54, 1.807) is 13.1 Å². The fraction of sp³-hybridized carbons (Fsp3) is 0.455. The van der Waals surface area contributed by atoms with Gasteiger partial charge >= 0.3 is 0 Å². The molecule has 90 valence electrons. The Bertz CT molecular complexity index is 471. The van der Waals surface area contributed by atoms with E-state index in [1.807, 2.05) is 26.0 Å². The van der Waals surface area contributed by atoms with Crippen molar-refractivity contribution in [3.05, 3.63) is 29.3 Å². The molecule has 0 bridgehead atoms. The van der Waals surface area contributed by atoms with Crippen molar-refractivity contribution in [2.75, 3.05) is 18.9 Å². The molecule has 0 saturated carbocycles. The van der Waals surface area contributed by atoms with Crippen molar-refractivity contribution < 1.29 is 8.42 Å². The molecule has 0 amide bonds. The van der Waals surface area contributed by atoms with Crippen LogP contribution in [0.2, 0.25) is 0 Å². The number of nitrogens with zero attached hydrogens (tertiary/aromatic N) is 1. The van der Waals surface area contributed by atoms with Crippen LogP contribution in [0.3, 0.4) is 0 Å². The lowest BCUT2D eigenvalue weighted by molar-refractivity contribution is 0.489. The fourth-order valence-corrected chi connectivity index (χ4v) is 3.64. The van der Waals surface area contributed by atoms with Crippen LogP contribution >= 0.6 is 15.9 Å².